The first-order valence-corrected chi connectivity index (χ1v) is 6.84. The summed E-state index contributed by atoms with van der Waals surface area (Å²) in [5.41, 5.74) is 8.68. The zero-order chi connectivity index (χ0) is 14.8. The van der Waals surface area contributed by atoms with Crippen LogP contribution in [0.5, 0.6) is 0 Å². The van der Waals surface area contributed by atoms with Gasteiger partial charge in [0.2, 0.25) is 0 Å². The molecule has 2 heterocycles. The van der Waals surface area contributed by atoms with E-state index in [-0.39, 0.29) is 12.2 Å². The van der Waals surface area contributed by atoms with Gasteiger partial charge < -0.3 is 15.8 Å². The summed E-state index contributed by atoms with van der Waals surface area (Å²) in [7, 11) is 1.56. The first-order chi connectivity index (χ1) is 10.2. The Morgan fingerprint density at radius 3 is 3.14 bits per heavy atom. The third-order valence-electron chi connectivity index (χ3n) is 3.65. The maximum absolute atomic E-state index is 11.2. The van der Waals surface area contributed by atoms with Gasteiger partial charge in [0.15, 0.2) is 5.65 Å². The van der Waals surface area contributed by atoms with Crippen LogP contribution in [0.2, 0.25) is 0 Å². The van der Waals surface area contributed by atoms with Crippen LogP contribution in [-0.4, -0.2) is 34.4 Å². The molecule has 0 aliphatic heterocycles. The Labute approximate surface area is 121 Å². The van der Waals surface area contributed by atoms with E-state index in [9.17, 15) is 4.79 Å². The summed E-state index contributed by atoms with van der Waals surface area (Å²) in [6.07, 6.45) is 5.80. The average Bonchev–Trinajstić information content (AvgIpc) is 2.89. The largest absolute Gasteiger partial charge is 0.446 e. The average molecular weight is 287 g/mol. The van der Waals surface area contributed by atoms with Crippen LogP contribution >= 0.6 is 0 Å². The fraction of sp³-hybridized carbons (Fsp3) is 0.357. The lowest BCUT2D eigenvalue weighted by Crippen LogP contribution is -2.26. The van der Waals surface area contributed by atoms with Gasteiger partial charge in [0.25, 0.3) is 0 Å². The molecule has 1 amide bonds. The van der Waals surface area contributed by atoms with Crippen LogP contribution in [-0.2, 0) is 4.74 Å². The van der Waals surface area contributed by atoms with Gasteiger partial charge in [-0.3, -0.25) is 5.10 Å². The summed E-state index contributed by atoms with van der Waals surface area (Å²) in [6, 6.07) is 1.99. The van der Waals surface area contributed by atoms with Gasteiger partial charge in [-0.25, -0.2) is 9.78 Å². The molecule has 0 radical (unpaired) electrons. The molecule has 110 valence electrons. The number of amides is 1. The summed E-state index contributed by atoms with van der Waals surface area (Å²) >= 11 is 0. The van der Waals surface area contributed by atoms with Gasteiger partial charge >= 0.3 is 6.09 Å². The SMILES string of the molecule is CNC(=O)OC1CC=C(c2cnc3n[nH]c(N)c3c2)CC1. The third kappa shape index (κ3) is 2.67. The zero-order valence-corrected chi connectivity index (χ0v) is 11.7. The number of alkyl carbamates (subject to hydrolysis) is 1. The predicted octanol–water partition coefficient (Wildman–Crippen LogP) is 1.83. The number of aromatic amines is 1. The van der Waals surface area contributed by atoms with Crippen LogP contribution in [0.1, 0.15) is 24.8 Å². The van der Waals surface area contributed by atoms with Crippen LogP contribution in [0.15, 0.2) is 18.3 Å². The van der Waals surface area contributed by atoms with Crippen LogP contribution < -0.4 is 11.1 Å². The Morgan fingerprint density at radius 2 is 2.43 bits per heavy atom. The van der Waals surface area contributed by atoms with Gasteiger partial charge in [-0.1, -0.05) is 6.08 Å². The molecular weight excluding hydrogens is 270 g/mol. The highest BCUT2D eigenvalue weighted by molar-refractivity contribution is 5.88. The molecule has 2 aromatic rings. The summed E-state index contributed by atoms with van der Waals surface area (Å²) in [5, 5.41) is 10.0. The number of nitrogens with one attached hydrogen (secondary N) is 2. The molecule has 0 saturated heterocycles. The number of H-pyrrole nitrogens is 1. The van der Waals surface area contributed by atoms with E-state index in [1.165, 1.54) is 5.57 Å². The molecule has 3 rings (SSSR count). The smallest absolute Gasteiger partial charge is 0.407 e. The molecule has 0 aromatic carbocycles. The number of rotatable bonds is 2. The van der Waals surface area contributed by atoms with Gasteiger partial charge in [0.05, 0.1) is 5.39 Å². The minimum absolute atomic E-state index is 0.0654. The number of nitrogen functional groups attached to an aromatic ring is 1. The highest BCUT2D eigenvalue weighted by atomic mass is 16.6. The van der Waals surface area contributed by atoms with Crippen molar-refractivity contribution in [1.82, 2.24) is 20.5 Å². The van der Waals surface area contributed by atoms with Crippen LogP contribution in [0, 0.1) is 0 Å². The Bertz CT molecular complexity index is 706. The van der Waals surface area contributed by atoms with Gasteiger partial charge in [-0.05, 0) is 30.0 Å². The number of pyridine rings is 1. The van der Waals surface area contributed by atoms with E-state index in [0.29, 0.717) is 17.9 Å². The number of nitrogens with zero attached hydrogens (tertiary/aromatic N) is 2. The predicted molar refractivity (Wildman–Crippen MR) is 79.5 cm³/mol. The zero-order valence-electron chi connectivity index (χ0n) is 11.7. The number of hydrogen-bond acceptors (Lipinski definition) is 5. The van der Waals surface area contributed by atoms with E-state index in [0.717, 1.165) is 23.8 Å². The quantitative estimate of drug-likeness (QED) is 0.781. The Kier molecular flexibility index (Phi) is 3.47. The van der Waals surface area contributed by atoms with Crippen molar-refractivity contribution in [3.63, 3.8) is 0 Å². The number of ether oxygens (including phenoxy) is 1. The Balaban J connectivity index is 1.77. The minimum atomic E-state index is -0.383. The van der Waals surface area contributed by atoms with Crippen molar-refractivity contribution < 1.29 is 9.53 Å². The fourth-order valence-electron chi connectivity index (χ4n) is 2.48. The van der Waals surface area contributed by atoms with E-state index in [1.54, 1.807) is 13.2 Å². The molecule has 4 N–H and O–H groups in total. The number of fused-ring (bicyclic) bond motifs is 1. The van der Waals surface area contributed by atoms with Crippen LogP contribution in [0.4, 0.5) is 10.6 Å². The number of nitrogens with two attached hydrogens (primary N) is 1. The maximum Gasteiger partial charge on any atom is 0.407 e. The van der Waals surface area contributed by atoms with Crippen molar-refractivity contribution in [3.05, 3.63) is 23.9 Å². The van der Waals surface area contributed by atoms with E-state index >= 15 is 0 Å². The van der Waals surface area contributed by atoms with Crippen molar-refractivity contribution >= 4 is 28.5 Å². The monoisotopic (exact) mass is 287 g/mol. The number of aromatic nitrogens is 3. The first kappa shape index (κ1) is 13.4. The highest BCUT2D eigenvalue weighted by Gasteiger charge is 2.19. The van der Waals surface area contributed by atoms with Gasteiger partial charge in [-0.2, -0.15) is 5.10 Å². The molecule has 1 unspecified atom stereocenters. The Morgan fingerprint density at radius 1 is 1.57 bits per heavy atom. The van der Waals surface area contributed by atoms with E-state index in [1.807, 2.05) is 6.07 Å². The van der Waals surface area contributed by atoms with Crippen molar-refractivity contribution in [3.8, 4) is 0 Å². The molecule has 0 saturated carbocycles. The molecule has 2 aromatic heterocycles. The molecule has 1 atom stereocenters. The second kappa shape index (κ2) is 5.43. The summed E-state index contributed by atoms with van der Waals surface area (Å²) in [5.74, 6) is 0.525. The number of allylic oxidation sites excluding steroid dienone is 1. The molecule has 0 fully saturated rings. The standard InChI is InChI=1S/C14H17N5O2/c1-16-14(20)21-10-4-2-8(3-5-10)9-6-11-12(15)18-19-13(11)17-7-9/h2,6-7,10H,3-5H2,1H3,(H,16,20)(H3,15,17,18,19). The van der Waals surface area contributed by atoms with Crippen molar-refractivity contribution in [2.75, 3.05) is 12.8 Å². The molecule has 1 aliphatic carbocycles. The van der Waals surface area contributed by atoms with E-state index in [4.69, 9.17) is 10.5 Å². The van der Waals surface area contributed by atoms with Gasteiger partial charge in [-0.15, -0.1) is 0 Å². The maximum atomic E-state index is 11.2. The topological polar surface area (TPSA) is 106 Å². The molecule has 0 spiro atoms. The van der Waals surface area contributed by atoms with Crippen LogP contribution in [0.25, 0.3) is 16.6 Å². The lowest BCUT2D eigenvalue weighted by molar-refractivity contribution is 0.0948. The second-order valence-electron chi connectivity index (χ2n) is 5.01. The molecule has 21 heavy (non-hydrogen) atoms. The number of hydrogen-bond donors (Lipinski definition) is 3. The lowest BCUT2D eigenvalue weighted by atomic mass is 9.92. The summed E-state index contributed by atoms with van der Waals surface area (Å²) < 4.78 is 5.26. The number of carbonyl (C=O) groups excluding carboxylic acids is 1. The lowest BCUT2D eigenvalue weighted by Gasteiger charge is -2.22. The number of carbonyl (C=O) groups is 1. The number of anilines is 1. The molecule has 0 bridgehead atoms. The minimum Gasteiger partial charge on any atom is -0.446 e. The molecule has 7 heteroatoms. The first-order valence-electron chi connectivity index (χ1n) is 6.84. The van der Waals surface area contributed by atoms with E-state index in [2.05, 4.69) is 26.6 Å². The van der Waals surface area contributed by atoms with E-state index < -0.39 is 0 Å². The van der Waals surface area contributed by atoms with Gasteiger partial charge in [0, 0.05) is 19.7 Å². The van der Waals surface area contributed by atoms with Crippen LogP contribution in [0.3, 0.4) is 0 Å². The molecule has 7 nitrogen and oxygen atoms in total. The summed E-state index contributed by atoms with van der Waals surface area (Å²) in [6.45, 7) is 0. The molecule has 1 aliphatic rings. The second-order valence-corrected chi connectivity index (χ2v) is 5.01. The normalized spacial score (nSPS) is 18.3. The Hall–Kier alpha value is -2.57. The molecular formula is C14H17N5O2. The van der Waals surface area contributed by atoms with Crippen molar-refractivity contribution in [2.45, 2.75) is 25.4 Å². The highest BCUT2D eigenvalue weighted by Crippen LogP contribution is 2.30. The van der Waals surface area contributed by atoms with Crippen molar-refractivity contribution in [2.24, 2.45) is 0 Å². The fourth-order valence-corrected chi connectivity index (χ4v) is 2.48. The third-order valence-corrected chi connectivity index (χ3v) is 3.65. The summed E-state index contributed by atoms with van der Waals surface area (Å²) in [4.78, 5) is 15.5. The van der Waals surface area contributed by atoms with Crippen molar-refractivity contribution in [1.29, 1.82) is 0 Å². The van der Waals surface area contributed by atoms with Gasteiger partial charge in [0.1, 0.15) is 11.9 Å².